The fourth-order valence-corrected chi connectivity index (χ4v) is 2.66. The van der Waals surface area contributed by atoms with E-state index in [4.69, 9.17) is 0 Å². The van der Waals surface area contributed by atoms with Gasteiger partial charge in [-0.3, -0.25) is 0 Å². The van der Waals surface area contributed by atoms with Crippen LogP contribution < -0.4 is 5.32 Å². The number of hydrogen-bond acceptors (Lipinski definition) is 1. The first-order chi connectivity index (χ1) is 7.81. The maximum atomic E-state index is 3.70. The second-order valence-corrected chi connectivity index (χ2v) is 5.92. The lowest BCUT2D eigenvalue weighted by molar-refractivity contribution is 0.231. The molecular formula is C14H20IN. The molecule has 1 aliphatic rings. The summed E-state index contributed by atoms with van der Waals surface area (Å²) in [6.07, 6.45) is 5.42. The van der Waals surface area contributed by atoms with Gasteiger partial charge >= 0.3 is 0 Å². The molecule has 1 fully saturated rings. The van der Waals surface area contributed by atoms with E-state index in [1.807, 2.05) is 0 Å². The van der Waals surface area contributed by atoms with Crippen molar-refractivity contribution in [2.45, 2.75) is 38.6 Å². The van der Waals surface area contributed by atoms with Crippen LogP contribution in [0.4, 0.5) is 0 Å². The summed E-state index contributed by atoms with van der Waals surface area (Å²) < 4.78 is 1.32. The van der Waals surface area contributed by atoms with Gasteiger partial charge in [-0.25, -0.2) is 0 Å². The summed E-state index contributed by atoms with van der Waals surface area (Å²) in [5.41, 5.74) is 1.47. The minimum atomic E-state index is 0.589. The number of halogens is 1. The second kappa shape index (κ2) is 6.01. The van der Waals surface area contributed by atoms with E-state index < -0.39 is 0 Å². The Morgan fingerprint density at radius 3 is 2.50 bits per heavy atom. The smallest absolute Gasteiger partial charge is 0.0348 e. The van der Waals surface area contributed by atoms with Gasteiger partial charge in [-0.15, -0.1) is 0 Å². The third-order valence-corrected chi connectivity index (χ3v) is 4.18. The highest BCUT2D eigenvalue weighted by atomic mass is 127. The summed E-state index contributed by atoms with van der Waals surface area (Å²) >= 11 is 2.37. The average Bonchev–Trinajstić information content (AvgIpc) is 2.23. The molecule has 16 heavy (non-hydrogen) atoms. The summed E-state index contributed by atoms with van der Waals surface area (Å²) in [5, 5.41) is 3.70. The molecule has 1 nitrogen and oxygen atoms in total. The Morgan fingerprint density at radius 1 is 1.31 bits per heavy atom. The van der Waals surface area contributed by atoms with Gasteiger partial charge in [0.05, 0.1) is 0 Å². The largest absolute Gasteiger partial charge is 0.310 e. The lowest BCUT2D eigenvalue weighted by Crippen LogP contribution is -2.32. The highest BCUT2D eigenvalue weighted by Crippen LogP contribution is 2.37. The van der Waals surface area contributed by atoms with E-state index in [0.717, 1.165) is 12.5 Å². The molecule has 88 valence electrons. The molecule has 0 spiro atoms. The Hall–Kier alpha value is -0.0900. The minimum absolute atomic E-state index is 0.589. The molecule has 1 aromatic rings. The van der Waals surface area contributed by atoms with E-state index in [1.54, 1.807) is 0 Å². The Morgan fingerprint density at radius 2 is 2.00 bits per heavy atom. The molecule has 1 atom stereocenters. The fourth-order valence-electron chi connectivity index (χ4n) is 2.30. The Labute approximate surface area is 112 Å². The Balaban J connectivity index is 2.07. The fraction of sp³-hybridized carbons (Fsp3) is 0.571. The van der Waals surface area contributed by atoms with Gasteiger partial charge in [-0.05, 0) is 72.0 Å². The Kier molecular flexibility index (Phi) is 4.65. The normalized spacial score (nSPS) is 18.1. The molecule has 1 N–H and O–H groups in total. The summed E-state index contributed by atoms with van der Waals surface area (Å²) in [4.78, 5) is 0. The molecule has 0 saturated heterocycles. The van der Waals surface area contributed by atoms with Crippen LogP contribution in [0.2, 0.25) is 0 Å². The molecule has 0 aromatic heterocycles. The topological polar surface area (TPSA) is 12.0 Å². The van der Waals surface area contributed by atoms with Gasteiger partial charge < -0.3 is 5.32 Å². The van der Waals surface area contributed by atoms with Gasteiger partial charge in [-0.1, -0.05) is 25.5 Å². The molecule has 1 saturated carbocycles. The first kappa shape index (κ1) is 12.4. The van der Waals surface area contributed by atoms with Crippen LogP contribution in [0, 0.1) is 9.49 Å². The van der Waals surface area contributed by atoms with E-state index in [1.165, 1.54) is 34.8 Å². The predicted molar refractivity (Wildman–Crippen MR) is 77.5 cm³/mol. The predicted octanol–water partition coefficient (Wildman–Crippen LogP) is 4.13. The summed E-state index contributed by atoms with van der Waals surface area (Å²) in [7, 11) is 0. The molecule has 2 heteroatoms. The quantitative estimate of drug-likeness (QED) is 0.801. The second-order valence-electron chi connectivity index (χ2n) is 4.67. The van der Waals surface area contributed by atoms with E-state index in [2.05, 4.69) is 59.1 Å². The van der Waals surface area contributed by atoms with Crippen molar-refractivity contribution >= 4 is 22.6 Å². The van der Waals surface area contributed by atoms with Gasteiger partial charge in [0.1, 0.15) is 0 Å². The van der Waals surface area contributed by atoms with Crippen molar-refractivity contribution in [3.63, 3.8) is 0 Å². The van der Waals surface area contributed by atoms with Crippen molar-refractivity contribution in [2.24, 2.45) is 5.92 Å². The van der Waals surface area contributed by atoms with Crippen molar-refractivity contribution in [1.82, 2.24) is 5.32 Å². The number of nitrogens with one attached hydrogen (secondary N) is 1. The third-order valence-electron chi connectivity index (χ3n) is 3.46. The van der Waals surface area contributed by atoms with Crippen molar-refractivity contribution in [3.8, 4) is 0 Å². The van der Waals surface area contributed by atoms with Crippen LogP contribution in [-0.2, 0) is 0 Å². The van der Waals surface area contributed by atoms with Crippen molar-refractivity contribution in [2.75, 3.05) is 6.54 Å². The summed E-state index contributed by atoms with van der Waals surface area (Å²) in [5.74, 6) is 0.867. The average molecular weight is 329 g/mol. The highest BCUT2D eigenvalue weighted by molar-refractivity contribution is 14.1. The number of benzene rings is 1. The number of rotatable bonds is 5. The first-order valence-corrected chi connectivity index (χ1v) is 7.38. The molecule has 0 amide bonds. The van der Waals surface area contributed by atoms with E-state index in [9.17, 15) is 0 Å². The molecule has 0 radical (unpaired) electrons. The summed E-state index contributed by atoms with van der Waals surface area (Å²) in [6.45, 7) is 3.37. The molecule has 0 aliphatic heterocycles. The van der Waals surface area contributed by atoms with Crippen LogP contribution in [0.25, 0.3) is 0 Å². The monoisotopic (exact) mass is 329 g/mol. The van der Waals surface area contributed by atoms with Crippen LogP contribution in [0.15, 0.2) is 24.3 Å². The SMILES string of the molecule is CCCNC(c1ccc(I)cc1)C1CCC1. The van der Waals surface area contributed by atoms with Crippen molar-refractivity contribution in [3.05, 3.63) is 33.4 Å². The molecule has 2 rings (SSSR count). The molecule has 0 bridgehead atoms. The van der Waals surface area contributed by atoms with E-state index in [0.29, 0.717) is 6.04 Å². The molecular weight excluding hydrogens is 309 g/mol. The van der Waals surface area contributed by atoms with Gasteiger partial charge in [0.2, 0.25) is 0 Å². The lowest BCUT2D eigenvalue weighted by Gasteiger charge is -2.35. The van der Waals surface area contributed by atoms with Gasteiger partial charge in [0.25, 0.3) is 0 Å². The number of hydrogen-bond donors (Lipinski definition) is 1. The zero-order valence-corrected chi connectivity index (χ0v) is 12.0. The van der Waals surface area contributed by atoms with Crippen LogP contribution in [0.5, 0.6) is 0 Å². The zero-order chi connectivity index (χ0) is 11.4. The van der Waals surface area contributed by atoms with Crippen molar-refractivity contribution in [1.29, 1.82) is 0 Å². The molecule has 1 aromatic carbocycles. The van der Waals surface area contributed by atoms with Gasteiger partial charge in [0.15, 0.2) is 0 Å². The van der Waals surface area contributed by atoms with Gasteiger partial charge in [-0.2, -0.15) is 0 Å². The highest BCUT2D eigenvalue weighted by Gasteiger charge is 2.27. The van der Waals surface area contributed by atoms with Crippen molar-refractivity contribution < 1.29 is 0 Å². The molecule has 0 heterocycles. The van der Waals surface area contributed by atoms with Gasteiger partial charge in [0, 0.05) is 9.61 Å². The molecule has 1 aliphatic carbocycles. The van der Waals surface area contributed by atoms with Crippen LogP contribution in [0.1, 0.15) is 44.2 Å². The third kappa shape index (κ3) is 2.98. The maximum absolute atomic E-state index is 3.70. The van der Waals surface area contributed by atoms with Crippen LogP contribution in [0.3, 0.4) is 0 Å². The van der Waals surface area contributed by atoms with E-state index in [-0.39, 0.29) is 0 Å². The minimum Gasteiger partial charge on any atom is -0.310 e. The van der Waals surface area contributed by atoms with Crippen LogP contribution in [-0.4, -0.2) is 6.54 Å². The standard InChI is InChI=1S/C14H20IN/c1-2-10-16-14(11-4-3-5-11)12-6-8-13(15)9-7-12/h6-9,11,14,16H,2-5,10H2,1H3. The van der Waals surface area contributed by atoms with E-state index >= 15 is 0 Å². The first-order valence-electron chi connectivity index (χ1n) is 6.30. The van der Waals surface area contributed by atoms with Crippen LogP contribution >= 0.6 is 22.6 Å². The molecule has 1 unspecified atom stereocenters. The Bertz CT molecular complexity index is 316. The zero-order valence-electron chi connectivity index (χ0n) is 9.88. The lowest BCUT2D eigenvalue weighted by atomic mass is 9.77. The summed E-state index contributed by atoms with van der Waals surface area (Å²) in [6, 6.07) is 9.59. The maximum Gasteiger partial charge on any atom is 0.0348 e.